The van der Waals surface area contributed by atoms with E-state index in [1.807, 2.05) is 44.2 Å². The molecular weight excluding hydrogens is 282 g/mol. The minimum absolute atomic E-state index is 0.0442. The zero-order valence-corrected chi connectivity index (χ0v) is 12.7. The summed E-state index contributed by atoms with van der Waals surface area (Å²) in [5.74, 6) is -0.252. The van der Waals surface area contributed by atoms with E-state index in [2.05, 4.69) is 10.0 Å². The highest BCUT2D eigenvalue weighted by molar-refractivity contribution is 6.04. The van der Waals surface area contributed by atoms with Crippen molar-refractivity contribution in [3.8, 4) is 0 Å². The van der Waals surface area contributed by atoms with Crippen molar-refractivity contribution in [2.24, 2.45) is 11.0 Å². The van der Waals surface area contributed by atoms with E-state index in [4.69, 9.17) is 5.53 Å². The minimum Gasteiger partial charge on any atom is -0.292 e. The van der Waals surface area contributed by atoms with E-state index in [0.717, 1.165) is 5.69 Å². The fourth-order valence-electron chi connectivity index (χ4n) is 2.38. The number of benzene rings is 1. The Bertz CT molecular complexity index is 595. The molecule has 1 atom stereocenters. The molecule has 0 saturated carbocycles. The van der Waals surface area contributed by atoms with Crippen LogP contribution in [0.25, 0.3) is 10.4 Å². The second kappa shape index (κ2) is 6.95. The molecule has 1 aromatic rings. The molecule has 1 aliphatic heterocycles. The van der Waals surface area contributed by atoms with Gasteiger partial charge >= 0.3 is 6.03 Å². The summed E-state index contributed by atoms with van der Waals surface area (Å²) in [5.41, 5.74) is 9.34. The second-order valence-electron chi connectivity index (χ2n) is 5.54. The van der Waals surface area contributed by atoms with Gasteiger partial charge in [-0.1, -0.05) is 37.2 Å². The molecule has 7 heteroatoms. The molecule has 0 N–H and O–H groups in total. The largest absolute Gasteiger partial charge is 0.331 e. The molecule has 0 bridgehead atoms. The lowest BCUT2D eigenvalue weighted by molar-refractivity contribution is -0.128. The van der Waals surface area contributed by atoms with E-state index in [9.17, 15) is 9.59 Å². The molecular formula is C15H19N5O2. The number of carbonyl (C=O) groups is 2. The van der Waals surface area contributed by atoms with Crippen LogP contribution in [-0.4, -0.2) is 36.0 Å². The Morgan fingerprint density at radius 2 is 2.00 bits per heavy atom. The van der Waals surface area contributed by atoms with Gasteiger partial charge < -0.3 is 0 Å². The Labute approximate surface area is 129 Å². The highest BCUT2D eigenvalue weighted by Gasteiger charge is 2.34. The summed E-state index contributed by atoms with van der Waals surface area (Å²) in [7, 11) is 0. The fraction of sp³-hybridized carbons (Fsp3) is 0.467. The summed E-state index contributed by atoms with van der Waals surface area (Å²) in [6.45, 7) is 4.60. The van der Waals surface area contributed by atoms with Crippen molar-refractivity contribution in [1.29, 1.82) is 0 Å². The van der Waals surface area contributed by atoms with Crippen molar-refractivity contribution in [1.82, 2.24) is 4.90 Å². The van der Waals surface area contributed by atoms with Crippen LogP contribution >= 0.6 is 0 Å². The van der Waals surface area contributed by atoms with E-state index < -0.39 is 6.04 Å². The number of nitrogens with zero attached hydrogens (tertiary/aromatic N) is 5. The maximum absolute atomic E-state index is 12.4. The first kappa shape index (κ1) is 15.9. The average molecular weight is 301 g/mol. The van der Waals surface area contributed by atoms with E-state index in [-0.39, 0.29) is 24.3 Å². The molecule has 22 heavy (non-hydrogen) atoms. The van der Waals surface area contributed by atoms with Gasteiger partial charge in [0.25, 0.3) is 0 Å². The third-order valence-electron chi connectivity index (χ3n) is 3.73. The van der Waals surface area contributed by atoms with Crippen molar-refractivity contribution >= 4 is 17.6 Å². The van der Waals surface area contributed by atoms with Crippen LogP contribution in [0.15, 0.2) is 35.4 Å². The molecule has 116 valence electrons. The third kappa shape index (κ3) is 3.38. The number of urea groups is 1. The summed E-state index contributed by atoms with van der Waals surface area (Å²) < 4.78 is 0. The lowest BCUT2D eigenvalue weighted by Gasteiger charge is -2.20. The molecule has 0 aliphatic carbocycles. The van der Waals surface area contributed by atoms with Gasteiger partial charge in [-0.15, -0.1) is 0 Å². The van der Waals surface area contributed by atoms with Gasteiger partial charge in [0.15, 0.2) is 0 Å². The van der Waals surface area contributed by atoms with Gasteiger partial charge in [0.05, 0.1) is 0 Å². The van der Waals surface area contributed by atoms with Crippen molar-refractivity contribution in [2.45, 2.75) is 26.3 Å². The summed E-state index contributed by atoms with van der Waals surface area (Å²) in [5, 5.41) is 3.65. The maximum atomic E-state index is 12.4. The van der Waals surface area contributed by atoms with Gasteiger partial charge in [-0.3, -0.25) is 14.6 Å². The molecule has 7 nitrogen and oxygen atoms in total. The van der Waals surface area contributed by atoms with Crippen LogP contribution in [0.2, 0.25) is 0 Å². The van der Waals surface area contributed by atoms with Gasteiger partial charge in [-0.2, -0.15) is 0 Å². The van der Waals surface area contributed by atoms with Crippen LogP contribution in [0.1, 0.15) is 20.3 Å². The van der Waals surface area contributed by atoms with Gasteiger partial charge in [0.2, 0.25) is 5.91 Å². The highest BCUT2D eigenvalue weighted by Crippen LogP contribution is 2.21. The third-order valence-corrected chi connectivity index (χ3v) is 3.73. The number of hydrogen-bond donors (Lipinski definition) is 0. The summed E-state index contributed by atoms with van der Waals surface area (Å²) in [6, 6.07) is 8.49. The zero-order chi connectivity index (χ0) is 16.1. The summed E-state index contributed by atoms with van der Waals surface area (Å²) in [4.78, 5) is 30.3. The summed E-state index contributed by atoms with van der Waals surface area (Å²) in [6.07, 6.45) is 0.0517. The summed E-state index contributed by atoms with van der Waals surface area (Å²) >= 11 is 0. The minimum atomic E-state index is -0.434. The monoisotopic (exact) mass is 301 g/mol. The van der Waals surface area contributed by atoms with Crippen LogP contribution in [0.5, 0.6) is 0 Å². The number of amides is 3. The van der Waals surface area contributed by atoms with Crippen molar-refractivity contribution in [3.05, 3.63) is 40.8 Å². The fourth-order valence-corrected chi connectivity index (χ4v) is 2.38. The zero-order valence-electron chi connectivity index (χ0n) is 12.7. The molecule has 0 radical (unpaired) electrons. The molecule has 0 unspecified atom stereocenters. The molecule has 1 aromatic carbocycles. The number of hydrogen-bond acceptors (Lipinski definition) is 3. The Morgan fingerprint density at radius 3 is 2.59 bits per heavy atom. The van der Waals surface area contributed by atoms with Crippen LogP contribution in [0.4, 0.5) is 10.5 Å². The Balaban J connectivity index is 2.06. The standard InChI is InChI=1S/C15H19N5O2/c1-11(2)13(17-18-16)10-14(21)20-9-8-19(15(20)22)12-6-4-3-5-7-12/h3-7,11,13H,8-10H2,1-2H3/t13-/m1/s1. The average Bonchev–Trinajstić information content (AvgIpc) is 2.89. The number of carbonyl (C=O) groups excluding carboxylic acids is 2. The first-order valence-corrected chi connectivity index (χ1v) is 7.25. The van der Waals surface area contributed by atoms with E-state index in [1.54, 1.807) is 4.90 Å². The van der Waals surface area contributed by atoms with Gasteiger partial charge in [0, 0.05) is 36.2 Å². The number of imide groups is 1. The molecule has 2 rings (SSSR count). The quantitative estimate of drug-likeness (QED) is 0.475. The predicted molar refractivity (Wildman–Crippen MR) is 83.3 cm³/mol. The van der Waals surface area contributed by atoms with Gasteiger partial charge in [-0.25, -0.2) is 4.79 Å². The first-order valence-electron chi connectivity index (χ1n) is 7.25. The molecule has 0 aromatic heterocycles. The molecule has 1 aliphatic rings. The van der Waals surface area contributed by atoms with Crippen LogP contribution < -0.4 is 4.90 Å². The van der Waals surface area contributed by atoms with Crippen LogP contribution in [0, 0.1) is 5.92 Å². The van der Waals surface area contributed by atoms with Crippen LogP contribution in [-0.2, 0) is 4.79 Å². The number of para-hydroxylation sites is 1. The maximum Gasteiger partial charge on any atom is 0.331 e. The smallest absolute Gasteiger partial charge is 0.292 e. The van der Waals surface area contributed by atoms with Gasteiger partial charge in [0.1, 0.15) is 0 Å². The second-order valence-corrected chi connectivity index (χ2v) is 5.54. The Kier molecular flexibility index (Phi) is 5.01. The van der Waals surface area contributed by atoms with Gasteiger partial charge in [-0.05, 0) is 23.6 Å². The van der Waals surface area contributed by atoms with E-state index in [0.29, 0.717) is 13.1 Å². The molecule has 1 saturated heterocycles. The topological polar surface area (TPSA) is 89.4 Å². The Morgan fingerprint density at radius 1 is 1.32 bits per heavy atom. The number of rotatable bonds is 5. The van der Waals surface area contributed by atoms with Crippen molar-refractivity contribution < 1.29 is 9.59 Å². The first-order chi connectivity index (χ1) is 10.5. The lowest BCUT2D eigenvalue weighted by Crippen LogP contribution is -2.38. The SMILES string of the molecule is CC(C)[C@@H](CC(=O)N1CCN(c2ccccc2)C1=O)N=[N+]=[N-]. The molecule has 1 fully saturated rings. The van der Waals surface area contributed by atoms with E-state index >= 15 is 0 Å². The molecule has 0 spiro atoms. The molecule has 3 amide bonds. The predicted octanol–water partition coefficient (Wildman–Crippen LogP) is 3.18. The lowest BCUT2D eigenvalue weighted by atomic mass is 10.0. The molecule has 1 heterocycles. The van der Waals surface area contributed by atoms with E-state index in [1.165, 1.54) is 4.90 Å². The van der Waals surface area contributed by atoms with Crippen LogP contribution in [0.3, 0.4) is 0 Å². The van der Waals surface area contributed by atoms with Crippen molar-refractivity contribution in [2.75, 3.05) is 18.0 Å². The Hall–Kier alpha value is -2.53. The van der Waals surface area contributed by atoms with Crippen molar-refractivity contribution in [3.63, 3.8) is 0 Å². The number of anilines is 1. The highest BCUT2D eigenvalue weighted by atomic mass is 16.2. The normalized spacial score (nSPS) is 15.9. The number of azide groups is 1.